The highest BCUT2D eigenvalue weighted by Gasteiger charge is 2.29. The SMILES string of the molecule is CC(C)CC1CN(CCC2CCCO2)C(CC(C)C)CN1. The van der Waals surface area contributed by atoms with E-state index < -0.39 is 0 Å². The molecule has 0 aliphatic carbocycles. The Morgan fingerprint density at radius 2 is 1.90 bits per heavy atom. The van der Waals surface area contributed by atoms with Crippen molar-refractivity contribution >= 4 is 0 Å². The van der Waals surface area contributed by atoms with Crippen LogP contribution in [0.1, 0.15) is 59.8 Å². The van der Waals surface area contributed by atoms with Gasteiger partial charge in [0.15, 0.2) is 0 Å². The third-order valence-electron chi connectivity index (χ3n) is 4.88. The fraction of sp³-hybridized carbons (Fsp3) is 1.00. The zero-order valence-electron chi connectivity index (χ0n) is 14.6. The van der Waals surface area contributed by atoms with Crippen LogP contribution in [0.15, 0.2) is 0 Å². The molecule has 0 saturated carbocycles. The Morgan fingerprint density at radius 1 is 1.14 bits per heavy atom. The normalized spacial score (nSPS) is 31.4. The van der Waals surface area contributed by atoms with Gasteiger partial charge in [0.1, 0.15) is 0 Å². The number of nitrogens with one attached hydrogen (secondary N) is 1. The molecule has 3 unspecified atom stereocenters. The molecule has 0 spiro atoms. The molecular weight excluding hydrogens is 260 g/mol. The van der Waals surface area contributed by atoms with Crippen LogP contribution in [0.4, 0.5) is 0 Å². The quantitative estimate of drug-likeness (QED) is 0.780. The van der Waals surface area contributed by atoms with Crippen molar-refractivity contribution in [3.63, 3.8) is 0 Å². The van der Waals surface area contributed by atoms with Gasteiger partial charge in [-0.3, -0.25) is 4.90 Å². The van der Waals surface area contributed by atoms with Gasteiger partial charge in [0.25, 0.3) is 0 Å². The van der Waals surface area contributed by atoms with Crippen LogP contribution < -0.4 is 5.32 Å². The zero-order valence-corrected chi connectivity index (χ0v) is 14.6. The van der Waals surface area contributed by atoms with Gasteiger partial charge < -0.3 is 10.1 Å². The summed E-state index contributed by atoms with van der Waals surface area (Å²) in [5.74, 6) is 1.56. The van der Waals surface area contributed by atoms with Crippen LogP contribution in [-0.2, 0) is 4.74 Å². The van der Waals surface area contributed by atoms with Gasteiger partial charge in [0.2, 0.25) is 0 Å². The maximum absolute atomic E-state index is 5.81. The fourth-order valence-electron chi connectivity index (χ4n) is 3.89. The summed E-state index contributed by atoms with van der Waals surface area (Å²) < 4.78 is 5.81. The molecule has 2 rings (SSSR count). The van der Waals surface area contributed by atoms with E-state index in [1.807, 2.05) is 0 Å². The highest BCUT2D eigenvalue weighted by Crippen LogP contribution is 2.21. The van der Waals surface area contributed by atoms with E-state index in [4.69, 9.17) is 4.74 Å². The first-order valence-corrected chi connectivity index (χ1v) is 9.13. The van der Waals surface area contributed by atoms with Gasteiger partial charge in [-0.15, -0.1) is 0 Å². The van der Waals surface area contributed by atoms with Crippen LogP contribution in [0.5, 0.6) is 0 Å². The third kappa shape index (κ3) is 5.88. The van der Waals surface area contributed by atoms with Crippen LogP contribution >= 0.6 is 0 Å². The molecule has 2 heterocycles. The van der Waals surface area contributed by atoms with Gasteiger partial charge in [-0.05, 0) is 43.9 Å². The molecule has 0 aromatic rings. The third-order valence-corrected chi connectivity index (χ3v) is 4.88. The summed E-state index contributed by atoms with van der Waals surface area (Å²) in [4.78, 5) is 2.76. The average Bonchev–Trinajstić information content (AvgIpc) is 2.90. The Balaban J connectivity index is 1.84. The molecule has 3 heteroatoms. The average molecular weight is 296 g/mol. The van der Waals surface area contributed by atoms with E-state index in [0.717, 1.165) is 24.5 Å². The van der Waals surface area contributed by atoms with Crippen molar-refractivity contribution in [1.82, 2.24) is 10.2 Å². The summed E-state index contributed by atoms with van der Waals surface area (Å²) in [6, 6.07) is 1.40. The van der Waals surface area contributed by atoms with Crippen molar-refractivity contribution < 1.29 is 4.74 Å². The van der Waals surface area contributed by atoms with Crippen molar-refractivity contribution in [1.29, 1.82) is 0 Å². The monoisotopic (exact) mass is 296 g/mol. The molecule has 124 valence electrons. The van der Waals surface area contributed by atoms with Crippen LogP contribution in [0, 0.1) is 11.8 Å². The van der Waals surface area contributed by atoms with Crippen LogP contribution in [-0.4, -0.2) is 49.3 Å². The molecule has 2 saturated heterocycles. The van der Waals surface area contributed by atoms with Gasteiger partial charge in [-0.2, -0.15) is 0 Å². The van der Waals surface area contributed by atoms with Crippen molar-refractivity contribution in [3.05, 3.63) is 0 Å². The van der Waals surface area contributed by atoms with Crippen molar-refractivity contribution in [2.24, 2.45) is 11.8 Å². The van der Waals surface area contributed by atoms with Crippen molar-refractivity contribution in [2.45, 2.75) is 78.0 Å². The molecule has 2 fully saturated rings. The number of piperazine rings is 1. The zero-order chi connectivity index (χ0) is 15.2. The van der Waals surface area contributed by atoms with Crippen LogP contribution in [0.2, 0.25) is 0 Å². The number of nitrogens with zero attached hydrogens (tertiary/aromatic N) is 1. The molecule has 0 amide bonds. The lowest BCUT2D eigenvalue weighted by Crippen LogP contribution is -2.57. The Labute approximate surface area is 131 Å². The minimum absolute atomic E-state index is 0.531. The van der Waals surface area contributed by atoms with E-state index >= 15 is 0 Å². The molecule has 0 aromatic carbocycles. The molecular formula is C18H36N2O. The predicted molar refractivity (Wildman–Crippen MR) is 89.7 cm³/mol. The summed E-state index contributed by atoms with van der Waals surface area (Å²) in [6.45, 7) is 14.0. The molecule has 2 aliphatic rings. The maximum atomic E-state index is 5.81. The minimum atomic E-state index is 0.531. The first-order valence-electron chi connectivity index (χ1n) is 9.13. The highest BCUT2D eigenvalue weighted by atomic mass is 16.5. The largest absolute Gasteiger partial charge is 0.378 e. The Bertz CT molecular complexity index is 287. The van der Waals surface area contributed by atoms with Gasteiger partial charge in [0.05, 0.1) is 6.10 Å². The van der Waals surface area contributed by atoms with Crippen molar-refractivity contribution in [2.75, 3.05) is 26.2 Å². The molecule has 2 aliphatic heterocycles. The van der Waals surface area contributed by atoms with Gasteiger partial charge >= 0.3 is 0 Å². The predicted octanol–water partition coefficient (Wildman–Crippen LogP) is 3.29. The van der Waals surface area contributed by atoms with Gasteiger partial charge in [-0.25, -0.2) is 0 Å². The lowest BCUT2D eigenvalue weighted by Gasteiger charge is -2.42. The lowest BCUT2D eigenvalue weighted by atomic mass is 9.95. The Kier molecular flexibility index (Phi) is 6.97. The maximum Gasteiger partial charge on any atom is 0.0588 e. The summed E-state index contributed by atoms with van der Waals surface area (Å²) in [7, 11) is 0. The van der Waals surface area contributed by atoms with E-state index in [-0.39, 0.29) is 0 Å². The van der Waals surface area contributed by atoms with E-state index in [1.54, 1.807) is 0 Å². The second-order valence-corrected chi connectivity index (χ2v) is 7.94. The van der Waals surface area contributed by atoms with E-state index in [2.05, 4.69) is 37.9 Å². The summed E-state index contributed by atoms with van der Waals surface area (Å²) in [6.07, 6.45) is 6.90. The topological polar surface area (TPSA) is 24.5 Å². The summed E-state index contributed by atoms with van der Waals surface area (Å²) in [5, 5.41) is 3.79. The van der Waals surface area contributed by atoms with Crippen LogP contribution in [0.3, 0.4) is 0 Å². The first kappa shape index (κ1) is 17.2. The molecule has 0 bridgehead atoms. The molecule has 3 nitrogen and oxygen atoms in total. The molecule has 0 aromatic heterocycles. The molecule has 1 N–H and O–H groups in total. The standard InChI is InChI=1S/C18H36N2O/c1-14(2)10-16-13-20(8-7-18-6-5-9-21-18)17(12-19-16)11-15(3)4/h14-19H,5-13H2,1-4H3. The molecule has 3 atom stereocenters. The lowest BCUT2D eigenvalue weighted by molar-refractivity contribution is 0.0632. The molecule has 0 radical (unpaired) electrons. The second kappa shape index (κ2) is 8.50. The van der Waals surface area contributed by atoms with Crippen molar-refractivity contribution in [3.8, 4) is 0 Å². The Morgan fingerprint density at radius 3 is 2.52 bits per heavy atom. The first-order chi connectivity index (χ1) is 10.0. The van der Waals surface area contributed by atoms with E-state index in [1.165, 1.54) is 51.7 Å². The van der Waals surface area contributed by atoms with E-state index in [9.17, 15) is 0 Å². The number of ether oxygens (including phenoxy) is 1. The Hall–Kier alpha value is -0.120. The summed E-state index contributed by atoms with van der Waals surface area (Å²) >= 11 is 0. The summed E-state index contributed by atoms with van der Waals surface area (Å²) in [5.41, 5.74) is 0. The number of hydrogen-bond donors (Lipinski definition) is 1. The number of hydrogen-bond acceptors (Lipinski definition) is 3. The van der Waals surface area contributed by atoms with Crippen LogP contribution in [0.25, 0.3) is 0 Å². The number of rotatable bonds is 7. The van der Waals surface area contributed by atoms with Gasteiger partial charge in [-0.1, -0.05) is 27.7 Å². The fourth-order valence-corrected chi connectivity index (χ4v) is 3.89. The van der Waals surface area contributed by atoms with E-state index in [0.29, 0.717) is 12.1 Å². The second-order valence-electron chi connectivity index (χ2n) is 7.94. The highest BCUT2D eigenvalue weighted by molar-refractivity contribution is 4.87. The minimum Gasteiger partial charge on any atom is -0.378 e. The smallest absolute Gasteiger partial charge is 0.0588 e. The van der Waals surface area contributed by atoms with Gasteiger partial charge in [0, 0.05) is 38.3 Å². The molecule has 21 heavy (non-hydrogen) atoms.